The Labute approximate surface area is 151 Å². The fourth-order valence-corrected chi connectivity index (χ4v) is 2.28. The molecule has 0 aliphatic heterocycles. The molecule has 2 N–H and O–H groups in total. The van der Waals surface area contributed by atoms with E-state index in [-0.39, 0.29) is 24.8 Å². The maximum atomic E-state index is 12.1. The number of hydrogen-bond donors (Lipinski definition) is 2. The normalized spacial score (nSPS) is 9.92. The molecule has 2 aromatic carbocycles. The molecular weight excluding hydrogens is 336 g/mol. The molecule has 0 heterocycles. The van der Waals surface area contributed by atoms with Gasteiger partial charge in [0.2, 0.25) is 5.91 Å². The van der Waals surface area contributed by atoms with Crippen LogP contribution in [0.3, 0.4) is 0 Å². The van der Waals surface area contributed by atoms with Crippen molar-refractivity contribution in [1.29, 1.82) is 0 Å². The number of benzene rings is 2. The van der Waals surface area contributed by atoms with Crippen LogP contribution in [0.25, 0.3) is 0 Å². The van der Waals surface area contributed by atoms with Crippen LogP contribution < -0.4 is 15.4 Å². The first-order chi connectivity index (χ1) is 12.5. The summed E-state index contributed by atoms with van der Waals surface area (Å²) in [6.07, 6.45) is 0.0866. The Kier molecular flexibility index (Phi) is 6.73. The van der Waals surface area contributed by atoms with Crippen molar-refractivity contribution in [3.05, 3.63) is 59.7 Å². The molecule has 0 saturated carbocycles. The van der Waals surface area contributed by atoms with Gasteiger partial charge in [0.1, 0.15) is 5.75 Å². The SMILES string of the molecule is COC(=O)c1cccc(NC(=O)CCNC(=O)c2ccccc2OC)c1. The largest absolute Gasteiger partial charge is 0.496 e. The van der Waals surface area contributed by atoms with Crippen molar-refractivity contribution >= 4 is 23.5 Å². The number of anilines is 1. The lowest BCUT2D eigenvalue weighted by Crippen LogP contribution is -2.28. The van der Waals surface area contributed by atoms with Gasteiger partial charge in [0.25, 0.3) is 5.91 Å². The van der Waals surface area contributed by atoms with Gasteiger partial charge < -0.3 is 20.1 Å². The molecule has 7 heteroatoms. The van der Waals surface area contributed by atoms with Crippen LogP contribution in [0.5, 0.6) is 5.75 Å². The third-order valence-electron chi connectivity index (χ3n) is 3.56. The Balaban J connectivity index is 1.86. The highest BCUT2D eigenvalue weighted by molar-refractivity contribution is 5.98. The number of para-hydroxylation sites is 1. The van der Waals surface area contributed by atoms with Crippen molar-refractivity contribution in [3.8, 4) is 5.75 Å². The Bertz CT molecular complexity index is 804. The topological polar surface area (TPSA) is 93.7 Å². The molecule has 0 aliphatic carbocycles. The van der Waals surface area contributed by atoms with Gasteiger partial charge in [0.15, 0.2) is 0 Å². The Morgan fingerprint density at radius 1 is 1.00 bits per heavy atom. The van der Waals surface area contributed by atoms with Gasteiger partial charge in [0.05, 0.1) is 25.3 Å². The van der Waals surface area contributed by atoms with Gasteiger partial charge in [-0.1, -0.05) is 18.2 Å². The zero-order valence-electron chi connectivity index (χ0n) is 14.6. The number of carbonyl (C=O) groups is 3. The Morgan fingerprint density at radius 2 is 1.77 bits per heavy atom. The molecule has 2 aromatic rings. The molecule has 0 aliphatic rings. The molecule has 0 bridgehead atoms. The average Bonchev–Trinajstić information content (AvgIpc) is 2.67. The Morgan fingerprint density at radius 3 is 2.50 bits per heavy atom. The van der Waals surface area contributed by atoms with Crippen molar-refractivity contribution in [2.75, 3.05) is 26.1 Å². The molecule has 0 unspecified atom stereocenters. The van der Waals surface area contributed by atoms with Crippen molar-refractivity contribution < 1.29 is 23.9 Å². The van der Waals surface area contributed by atoms with E-state index in [0.717, 1.165) is 0 Å². The zero-order valence-corrected chi connectivity index (χ0v) is 14.6. The zero-order chi connectivity index (χ0) is 18.9. The van der Waals surface area contributed by atoms with Crippen LogP contribution in [0.2, 0.25) is 0 Å². The minimum atomic E-state index is -0.481. The van der Waals surface area contributed by atoms with Crippen LogP contribution in [0, 0.1) is 0 Å². The summed E-state index contributed by atoms with van der Waals surface area (Å²) in [6, 6.07) is 13.3. The first-order valence-corrected chi connectivity index (χ1v) is 7.94. The lowest BCUT2D eigenvalue weighted by molar-refractivity contribution is -0.116. The summed E-state index contributed by atoms with van der Waals surface area (Å²) in [5.74, 6) is -0.616. The smallest absolute Gasteiger partial charge is 0.337 e. The maximum Gasteiger partial charge on any atom is 0.337 e. The van der Waals surface area contributed by atoms with E-state index in [0.29, 0.717) is 22.6 Å². The molecule has 0 atom stereocenters. The third kappa shape index (κ3) is 5.07. The first-order valence-electron chi connectivity index (χ1n) is 7.94. The van der Waals surface area contributed by atoms with Crippen molar-refractivity contribution in [2.24, 2.45) is 0 Å². The number of nitrogens with one attached hydrogen (secondary N) is 2. The van der Waals surface area contributed by atoms with E-state index in [1.54, 1.807) is 42.5 Å². The number of hydrogen-bond acceptors (Lipinski definition) is 5. The van der Waals surface area contributed by atoms with Gasteiger partial charge >= 0.3 is 5.97 Å². The first kappa shape index (κ1) is 19.0. The second-order valence-corrected chi connectivity index (χ2v) is 5.33. The third-order valence-corrected chi connectivity index (χ3v) is 3.56. The van der Waals surface area contributed by atoms with Crippen LogP contribution >= 0.6 is 0 Å². The van der Waals surface area contributed by atoms with E-state index in [1.807, 2.05) is 0 Å². The minimum absolute atomic E-state index is 0.0866. The lowest BCUT2D eigenvalue weighted by Gasteiger charge is -2.09. The molecule has 0 saturated heterocycles. The van der Waals surface area contributed by atoms with Crippen LogP contribution in [-0.4, -0.2) is 38.5 Å². The quantitative estimate of drug-likeness (QED) is 0.742. The van der Waals surface area contributed by atoms with Gasteiger partial charge in [-0.3, -0.25) is 9.59 Å². The highest BCUT2D eigenvalue weighted by Gasteiger charge is 2.12. The summed E-state index contributed by atoms with van der Waals surface area (Å²) in [7, 11) is 2.78. The highest BCUT2D eigenvalue weighted by Crippen LogP contribution is 2.16. The van der Waals surface area contributed by atoms with Crippen LogP contribution in [0.1, 0.15) is 27.1 Å². The van der Waals surface area contributed by atoms with Crippen LogP contribution in [0.15, 0.2) is 48.5 Å². The number of ether oxygens (including phenoxy) is 2. The highest BCUT2D eigenvalue weighted by atomic mass is 16.5. The van der Waals surface area contributed by atoms with Crippen molar-refractivity contribution in [2.45, 2.75) is 6.42 Å². The van der Waals surface area contributed by atoms with Gasteiger partial charge in [-0.25, -0.2) is 4.79 Å². The molecule has 2 rings (SSSR count). The summed E-state index contributed by atoms with van der Waals surface area (Å²) >= 11 is 0. The number of esters is 1. The number of amides is 2. The lowest BCUT2D eigenvalue weighted by atomic mass is 10.2. The fraction of sp³-hybridized carbons (Fsp3) is 0.211. The average molecular weight is 356 g/mol. The molecule has 136 valence electrons. The molecule has 0 fully saturated rings. The predicted octanol–water partition coefficient (Wildman–Crippen LogP) is 2.24. The monoisotopic (exact) mass is 356 g/mol. The van der Waals surface area contributed by atoms with Crippen molar-refractivity contribution in [3.63, 3.8) is 0 Å². The molecular formula is C19H20N2O5. The molecule has 0 radical (unpaired) electrons. The van der Waals surface area contributed by atoms with Crippen molar-refractivity contribution in [1.82, 2.24) is 5.32 Å². The Hall–Kier alpha value is -3.35. The van der Waals surface area contributed by atoms with Gasteiger partial charge in [0, 0.05) is 18.7 Å². The summed E-state index contributed by atoms with van der Waals surface area (Å²) in [5, 5.41) is 5.35. The van der Waals surface area contributed by atoms with E-state index in [4.69, 9.17) is 4.74 Å². The summed E-state index contributed by atoms with van der Waals surface area (Å²) in [6.45, 7) is 0.166. The number of rotatable bonds is 7. The summed E-state index contributed by atoms with van der Waals surface area (Å²) in [4.78, 5) is 35.6. The van der Waals surface area contributed by atoms with E-state index in [1.165, 1.54) is 20.3 Å². The van der Waals surface area contributed by atoms with E-state index in [2.05, 4.69) is 15.4 Å². The van der Waals surface area contributed by atoms with E-state index in [9.17, 15) is 14.4 Å². The predicted molar refractivity (Wildman–Crippen MR) is 96.4 cm³/mol. The molecule has 0 spiro atoms. The second-order valence-electron chi connectivity index (χ2n) is 5.33. The van der Waals surface area contributed by atoms with Gasteiger partial charge in [-0.15, -0.1) is 0 Å². The summed E-state index contributed by atoms with van der Waals surface area (Å²) in [5.41, 5.74) is 1.23. The maximum absolute atomic E-state index is 12.1. The van der Waals surface area contributed by atoms with Gasteiger partial charge in [-0.2, -0.15) is 0 Å². The minimum Gasteiger partial charge on any atom is -0.496 e. The molecule has 2 amide bonds. The molecule has 7 nitrogen and oxygen atoms in total. The fourth-order valence-electron chi connectivity index (χ4n) is 2.28. The summed E-state index contributed by atoms with van der Waals surface area (Å²) < 4.78 is 9.77. The molecule has 26 heavy (non-hydrogen) atoms. The second kappa shape index (κ2) is 9.22. The van der Waals surface area contributed by atoms with Crippen LogP contribution in [0.4, 0.5) is 5.69 Å². The van der Waals surface area contributed by atoms with Gasteiger partial charge in [-0.05, 0) is 30.3 Å². The molecule has 0 aromatic heterocycles. The van der Waals surface area contributed by atoms with E-state index < -0.39 is 5.97 Å². The number of carbonyl (C=O) groups excluding carboxylic acids is 3. The van der Waals surface area contributed by atoms with E-state index >= 15 is 0 Å². The van der Waals surface area contributed by atoms with Crippen LogP contribution in [-0.2, 0) is 9.53 Å². The number of methoxy groups -OCH3 is 2. The standard InChI is InChI=1S/C19H20N2O5/c1-25-16-9-4-3-8-15(16)18(23)20-11-10-17(22)21-14-7-5-6-13(12-14)19(24)26-2/h3-9,12H,10-11H2,1-2H3,(H,20,23)(H,21,22).